The van der Waals surface area contributed by atoms with E-state index in [9.17, 15) is 14.2 Å². The van der Waals surface area contributed by atoms with Crippen LogP contribution in [0.3, 0.4) is 0 Å². The minimum atomic E-state index is -3.71. The van der Waals surface area contributed by atoms with E-state index in [1.165, 1.54) is 0 Å². The Kier molecular flexibility index (Phi) is 5.30. The standard InChI is InChI=1S/C20H17N2O3P/c23-19(16-10-4-1-5-11-16)21-26(25,18-14-8-3-9-15-18)22-20(24)17-12-6-2-7-13-17/h1-15H,(H2,21,22,23,24,25). The summed E-state index contributed by atoms with van der Waals surface area (Å²) in [6.45, 7) is 0. The molecule has 130 valence electrons. The van der Waals surface area contributed by atoms with Crippen molar-refractivity contribution >= 4 is 24.6 Å². The first kappa shape index (κ1) is 17.6. The first-order valence-electron chi connectivity index (χ1n) is 7.99. The zero-order chi connectivity index (χ0) is 18.4. The third-order valence-corrected chi connectivity index (χ3v) is 5.77. The number of nitrogens with one attached hydrogen (secondary N) is 2. The van der Waals surface area contributed by atoms with Gasteiger partial charge in [0.15, 0.2) is 0 Å². The lowest BCUT2D eigenvalue weighted by atomic mass is 10.2. The van der Waals surface area contributed by atoms with Crippen LogP contribution in [0.4, 0.5) is 0 Å². The summed E-state index contributed by atoms with van der Waals surface area (Å²) in [5.41, 5.74) is 0.718. The van der Waals surface area contributed by atoms with E-state index in [1.54, 1.807) is 91.0 Å². The monoisotopic (exact) mass is 364 g/mol. The number of hydrogen-bond acceptors (Lipinski definition) is 3. The number of amides is 2. The SMILES string of the molecule is O=C(NP(=O)(NC(=O)c1ccccc1)c1ccccc1)c1ccccc1. The van der Waals surface area contributed by atoms with Crippen LogP contribution in [0, 0.1) is 0 Å². The average Bonchev–Trinajstić information content (AvgIpc) is 2.70. The Balaban J connectivity index is 1.91. The van der Waals surface area contributed by atoms with Crippen LogP contribution in [0.2, 0.25) is 0 Å². The van der Waals surface area contributed by atoms with Crippen LogP contribution in [0.25, 0.3) is 0 Å². The van der Waals surface area contributed by atoms with Crippen LogP contribution in [0.1, 0.15) is 20.7 Å². The maximum absolute atomic E-state index is 13.5. The molecule has 0 fully saturated rings. The smallest absolute Gasteiger partial charge is 0.283 e. The highest BCUT2D eigenvalue weighted by atomic mass is 31.2. The Labute approximate surface area is 151 Å². The molecule has 0 unspecified atom stereocenters. The van der Waals surface area contributed by atoms with E-state index in [-0.39, 0.29) is 0 Å². The Morgan fingerprint density at radius 3 is 1.31 bits per heavy atom. The molecule has 0 spiro atoms. The van der Waals surface area contributed by atoms with E-state index in [2.05, 4.69) is 10.2 Å². The molecule has 0 aliphatic rings. The Morgan fingerprint density at radius 1 is 0.577 bits per heavy atom. The summed E-state index contributed by atoms with van der Waals surface area (Å²) in [4.78, 5) is 25.0. The molecule has 3 aromatic carbocycles. The Morgan fingerprint density at radius 2 is 0.923 bits per heavy atom. The molecular weight excluding hydrogens is 347 g/mol. The van der Waals surface area contributed by atoms with Crippen LogP contribution >= 0.6 is 7.44 Å². The second-order valence-electron chi connectivity index (χ2n) is 5.56. The molecular formula is C20H17N2O3P. The van der Waals surface area contributed by atoms with Crippen LogP contribution in [0.5, 0.6) is 0 Å². The van der Waals surface area contributed by atoms with Gasteiger partial charge in [-0.2, -0.15) is 0 Å². The number of carbonyl (C=O) groups is 2. The largest absolute Gasteiger partial charge is 0.292 e. The molecule has 6 heteroatoms. The first-order chi connectivity index (χ1) is 12.6. The number of carbonyl (C=O) groups excluding carboxylic acids is 2. The highest BCUT2D eigenvalue weighted by Gasteiger charge is 2.30. The Bertz CT molecular complexity index is 887. The predicted molar refractivity (Wildman–Crippen MR) is 101 cm³/mol. The molecule has 0 bridgehead atoms. The van der Waals surface area contributed by atoms with Crippen molar-refractivity contribution in [2.45, 2.75) is 0 Å². The third kappa shape index (κ3) is 4.08. The number of rotatable bonds is 5. The summed E-state index contributed by atoms with van der Waals surface area (Å²) in [5, 5.41) is 5.36. The van der Waals surface area contributed by atoms with E-state index in [0.717, 1.165) is 0 Å². The summed E-state index contributed by atoms with van der Waals surface area (Å²) in [5.74, 6) is -1.04. The second-order valence-corrected chi connectivity index (χ2v) is 7.74. The van der Waals surface area contributed by atoms with Gasteiger partial charge in [0, 0.05) is 11.1 Å². The van der Waals surface area contributed by atoms with E-state index in [4.69, 9.17) is 0 Å². The highest BCUT2D eigenvalue weighted by Crippen LogP contribution is 2.35. The zero-order valence-corrected chi connectivity index (χ0v) is 14.7. The predicted octanol–water partition coefficient (Wildman–Crippen LogP) is 3.37. The lowest BCUT2D eigenvalue weighted by molar-refractivity contribution is 0.0975. The molecule has 3 aromatic rings. The molecule has 0 aliphatic heterocycles. The van der Waals surface area contributed by atoms with Gasteiger partial charge in [-0.1, -0.05) is 54.6 Å². The van der Waals surface area contributed by atoms with Crippen molar-refractivity contribution in [3.63, 3.8) is 0 Å². The van der Waals surface area contributed by atoms with Gasteiger partial charge in [-0.15, -0.1) is 0 Å². The zero-order valence-electron chi connectivity index (χ0n) is 13.8. The second kappa shape index (κ2) is 7.81. The van der Waals surface area contributed by atoms with E-state index >= 15 is 0 Å². The summed E-state index contributed by atoms with van der Waals surface area (Å²) in [6, 6.07) is 25.3. The van der Waals surface area contributed by atoms with Crippen molar-refractivity contribution in [3.05, 3.63) is 102 Å². The minimum absolute atomic E-state index is 0.341. The molecule has 26 heavy (non-hydrogen) atoms. The fourth-order valence-electron chi connectivity index (χ4n) is 2.39. The van der Waals surface area contributed by atoms with Gasteiger partial charge in [0.2, 0.25) is 0 Å². The highest BCUT2D eigenvalue weighted by molar-refractivity contribution is 7.69. The molecule has 0 heterocycles. The van der Waals surface area contributed by atoms with Crippen molar-refractivity contribution in [2.24, 2.45) is 0 Å². The molecule has 0 aromatic heterocycles. The van der Waals surface area contributed by atoms with Crippen LogP contribution in [0.15, 0.2) is 91.0 Å². The molecule has 5 nitrogen and oxygen atoms in total. The summed E-state index contributed by atoms with van der Waals surface area (Å²) < 4.78 is 13.5. The van der Waals surface area contributed by atoms with Gasteiger partial charge in [0.05, 0.1) is 5.30 Å². The Hall–Kier alpha value is -3.17. The molecule has 2 amide bonds. The molecule has 3 rings (SSSR count). The maximum Gasteiger partial charge on any atom is 0.292 e. The van der Waals surface area contributed by atoms with Crippen molar-refractivity contribution < 1.29 is 14.2 Å². The van der Waals surface area contributed by atoms with Crippen molar-refractivity contribution in [1.29, 1.82) is 0 Å². The molecule has 0 aliphatic carbocycles. The molecule has 2 N–H and O–H groups in total. The summed E-state index contributed by atoms with van der Waals surface area (Å²) >= 11 is 0. The van der Waals surface area contributed by atoms with E-state index in [1.807, 2.05) is 0 Å². The van der Waals surface area contributed by atoms with Crippen LogP contribution < -0.4 is 15.5 Å². The van der Waals surface area contributed by atoms with Gasteiger partial charge in [-0.3, -0.25) is 24.3 Å². The van der Waals surface area contributed by atoms with Gasteiger partial charge < -0.3 is 0 Å². The van der Waals surface area contributed by atoms with Crippen molar-refractivity contribution in [3.8, 4) is 0 Å². The van der Waals surface area contributed by atoms with Crippen LogP contribution in [-0.2, 0) is 4.57 Å². The maximum atomic E-state index is 13.5. The van der Waals surface area contributed by atoms with Gasteiger partial charge in [0.1, 0.15) is 0 Å². The normalized spacial score (nSPS) is 10.8. The first-order valence-corrected chi connectivity index (χ1v) is 9.70. The van der Waals surface area contributed by atoms with Gasteiger partial charge in [-0.05, 0) is 36.4 Å². The van der Waals surface area contributed by atoms with Gasteiger partial charge in [-0.25, -0.2) is 0 Å². The summed E-state index contributed by atoms with van der Waals surface area (Å²) in [7, 11) is -3.71. The van der Waals surface area contributed by atoms with Gasteiger partial charge >= 0.3 is 0 Å². The number of benzene rings is 3. The molecule has 0 atom stereocenters. The van der Waals surface area contributed by atoms with Gasteiger partial charge in [0.25, 0.3) is 19.3 Å². The lowest BCUT2D eigenvalue weighted by Crippen LogP contribution is -2.36. The fourth-order valence-corrected chi connectivity index (χ4v) is 4.13. The van der Waals surface area contributed by atoms with Crippen molar-refractivity contribution in [1.82, 2.24) is 10.2 Å². The van der Waals surface area contributed by atoms with E-state index in [0.29, 0.717) is 16.4 Å². The fraction of sp³-hybridized carbons (Fsp3) is 0. The number of hydrogen-bond donors (Lipinski definition) is 2. The summed E-state index contributed by atoms with van der Waals surface area (Å²) in [6.07, 6.45) is 0. The lowest BCUT2D eigenvalue weighted by Gasteiger charge is -2.21. The molecule has 0 saturated carbocycles. The minimum Gasteiger partial charge on any atom is -0.283 e. The topological polar surface area (TPSA) is 75.3 Å². The average molecular weight is 364 g/mol. The molecule has 0 saturated heterocycles. The van der Waals surface area contributed by atoms with E-state index < -0.39 is 19.3 Å². The quantitative estimate of drug-likeness (QED) is 0.682. The van der Waals surface area contributed by atoms with Crippen molar-refractivity contribution in [2.75, 3.05) is 0 Å². The van der Waals surface area contributed by atoms with Crippen LogP contribution in [-0.4, -0.2) is 11.8 Å². The third-order valence-electron chi connectivity index (χ3n) is 3.71. The molecule has 0 radical (unpaired) electrons.